The fourth-order valence-corrected chi connectivity index (χ4v) is 4.06. The van der Waals surface area contributed by atoms with Gasteiger partial charge >= 0.3 is 0 Å². The average Bonchev–Trinajstić information content (AvgIpc) is 2.55. The molecule has 0 spiro atoms. The van der Waals surface area contributed by atoms with E-state index in [-0.39, 0.29) is 28.6 Å². The van der Waals surface area contributed by atoms with Crippen molar-refractivity contribution in [2.24, 2.45) is 0 Å². The Labute approximate surface area is 167 Å². The molecule has 0 atom stereocenters. The molecule has 0 bridgehead atoms. The monoisotopic (exact) mass is 390 g/mol. The summed E-state index contributed by atoms with van der Waals surface area (Å²) in [4.78, 5) is 4.41. The Morgan fingerprint density at radius 2 is 1.74 bits per heavy atom. The van der Waals surface area contributed by atoms with E-state index in [0.717, 1.165) is 12.8 Å². The first kappa shape index (κ1) is 21.5. The zero-order chi connectivity index (χ0) is 20.6. The number of rotatable bonds is 4. The van der Waals surface area contributed by atoms with E-state index in [1.807, 2.05) is 11.9 Å². The van der Waals surface area contributed by atoms with Crippen LogP contribution in [0.4, 0.5) is 0 Å². The molecule has 1 fully saturated rings. The SMILES string of the molecule is CN(C(=N)/C=C\C(=N)c1ccc(Cl)cc1O)C1CC(C)(C)N(C)C(C)(C)C1. The van der Waals surface area contributed by atoms with Crippen LogP contribution in [0.3, 0.4) is 0 Å². The number of likely N-dealkylation sites (N-methyl/N-ethyl adjacent to an activating group) is 1. The number of nitrogens with zero attached hydrogens (tertiary/aromatic N) is 2. The summed E-state index contributed by atoms with van der Waals surface area (Å²) in [6.45, 7) is 8.97. The average molecular weight is 391 g/mol. The Morgan fingerprint density at radius 3 is 2.26 bits per heavy atom. The van der Waals surface area contributed by atoms with Crippen molar-refractivity contribution in [3.8, 4) is 5.75 Å². The van der Waals surface area contributed by atoms with Gasteiger partial charge in [-0.25, -0.2) is 0 Å². The van der Waals surface area contributed by atoms with Crippen LogP contribution in [0, 0.1) is 10.8 Å². The van der Waals surface area contributed by atoms with Crippen molar-refractivity contribution in [2.45, 2.75) is 57.7 Å². The molecule has 0 aliphatic carbocycles. The number of amidine groups is 1. The van der Waals surface area contributed by atoms with Crippen molar-refractivity contribution < 1.29 is 5.11 Å². The molecule has 1 aromatic carbocycles. The quantitative estimate of drug-likeness (QED) is 0.522. The van der Waals surface area contributed by atoms with Gasteiger partial charge in [0.25, 0.3) is 0 Å². The van der Waals surface area contributed by atoms with Gasteiger partial charge in [-0.1, -0.05) is 11.6 Å². The van der Waals surface area contributed by atoms with Gasteiger partial charge in [0, 0.05) is 34.8 Å². The predicted octanol–water partition coefficient (Wildman–Crippen LogP) is 4.53. The number of phenols is 1. The van der Waals surface area contributed by atoms with Gasteiger partial charge in [-0.05, 0) is 77.9 Å². The molecule has 1 heterocycles. The van der Waals surface area contributed by atoms with Crippen LogP contribution in [0.5, 0.6) is 5.75 Å². The van der Waals surface area contributed by atoms with E-state index in [9.17, 15) is 5.11 Å². The molecule has 1 aliphatic rings. The molecule has 148 valence electrons. The molecule has 6 heteroatoms. The number of likely N-dealkylation sites (tertiary alicyclic amines) is 1. The molecule has 0 radical (unpaired) electrons. The molecule has 1 aliphatic heterocycles. The minimum atomic E-state index is -0.0316. The highest BCUT2D eigenvalue weighted by Gasteiger charge is 2.44. The topological polar surface area (TPSA) is 74.4 Å². The van der Waals surface area contributed by atoms with Crippen molar-refractivity contribution in [3.05, 3.63) is 40.9 Å². The predicted molar refractivity (Wildman–Crippen MR) is 114 cm³/mol. The molecule has 0 unspecified atom stereocenters. The Hall–Kier alpha value is -1.85. The molecule has 1 aromatic rings. The van der Waals surface area contributed by atoms with Crippen LogP contribution in [-0.2, 0) is 0 Å². The molecular weight excluding hydrogens is 360 g/mol. The van der Waals surface area contributed by atoms with E-state index < -0.39 is 0 Å². The summed E-state index contributed by atoms with van der Waals surface area (Å²) in [7, 11) is 4.11. The molecular formula is C21H31ClN4O. The smallest absolute Gasteiger partial charge is 0.126 e. The molecule has 2 rings (SSSR count). The lowest BCUT2D eigenvalue weighted by molar-refractivity contribution is -0.0313. The summed E-state index contributed by atoms with van der Waals surface area (Å²) in [5.41, 5.74) is 0.637. The second-order valence-electron chi connectivity index (χ2n) is 8.65. The van der Waals surface area contributed by atoms with Crippen molar-refractivity contribution in [2.75, 3.05) is 14.1 Å². The number of hydrogen-bond donors (Lipinski definition) is 3. The lowest BCUT2D eigenvalue weighted by atomic mass is 9.77. The van der Waals surface area contributed by atoms with E-state index in [4.69, 9.17) is 22.4 Å². The number of nitrogens with one attached hydrogen (secondary N) is 2. The highest BCUT2D eigenvalue weighted by Crippen LogP contribution is 2.38. The maximum absolute atomic E-state index is 9.95. The minimum Gasteiger partial charge on any atom is -0.507 e. The van der Waals surface area contributed by atoms with Gasteiger partial charge in [0.1, 0.15) is 11.6 Å². The summed E-state index contributed by atoms with van der Waals surface area (Å²) >= 11 is 5.84. The van der Waals surface area contributed by atoms with E-state index in [2.05, 4.69) is 39.6 Å². The third-order valence-corrected chi connectivity index (χ3v) is 6.11. The van der Waals surface area contributed by atoms with Crippen LogP contribution in [0.15, 0.2) is 30.4 Å². The first-order chi connectivity index (χ1) is 12.3. The van der Waals surface area contributed by atoms with Crippen LogP contribution in [0.1, 0.15) is 46.1 Å². The molecule has 1 saturated heterocycles. The third-order valence-electron chi connectivity index (χ3n) is 5.87. The van der Waals surface area contributed by atoms with Crippen LogP contribution >= 0.6 is 11.6 Å². The summed E-state index contributed by atoms with van der Waals surface area (Å²) < 4.78 is 0. The Bertz CT molecular complexity index is 751. The zero-order valence-electron chi connectivity index (χ0n) is 17.1. The van der Waals surface area contributed by atoms with Gasteiger partial charge in [-0.2, -0.15) is 0 Å². The first-order valence-corrected chi connectivity index (χ1v) is 9.54. The second-order valence-corrected chi connectivity index (χ2v) is 9.09. The summed E-state index contributed by atoms with van der Waals surface area (Å²) in [5, 5.41) is 27.0. The maximum Gasteiger partial charge on any atom is 0.126 e. The van der Waals surface area contributed by atoms with Crippen LogP contribution in [0.25, 0.3) is 0 Å². The number of hydrogen-bond acceptors (Lipinski definition) is 4. The lowest BCUT2D eigenvalue weighted by Gasteiger charge is -2.55. The summed E-state index contributed by atoms with van der Waals surface area (Å²) in [6, 6.07) is 4.92. The zero-order valence-corrected chi connectivity index (χ0v) is 17.9. The van der Waals surface area contributed by atoms with Crippen molar-refractivity contribution in [3.63, 3.8) is 0 Å². The molecule has 0 amide bonds. The van der Waals surface area contributed by atoms with E-state index in [0.29, 0.717) is 16.4 Å². The number of aromatic hydroxyl groups is 1. The first-order valence-electron chi connectivity index (χ1n) is 9.16. The Morgan fingerprint density at radius 1 is 1.19 bits per heavy atom. The van der Waals surface area contributed by atoms with Crippen LogP contribution in [-0.4, -0.2) is 57.7 Å². The minimum absolute atomic E-state index is 0.0316. The summed E-state index contributed by atoms with van der Waals surface area (Å²) in [5.74, 6) is 0.324. The van der Waals surface area contributed by atoms with Gasteiger partial charge in [0.2, 0.25) is 0 Å². The molecule has 27 heavy (non-hydrogen) atoms. The number of halogens is 1. The lowest BCUT2D eigenvalue weighted by Crippen LogP contribution is -2.62. The van der Waals surface area contributed by atoms with Crippen LogP contribution < -0.4 is 0 Å². The standard InChI is InChI=1S/C21H31ClN4O/c1-20(2)12-15(13-21(3,4)26(20)6)25(5)19(24)10-9-17(23)16-8-7-14(22)11-18(16)27/h7-11,15,23-24,27H,12-13H2,1-6H3/b10-9-,23-17?,24-19?. The Kier molecular flexibility index (Phi) is 6.07. The molecule has 0 aromatic heterocycles. The van der Waals surface area contributed by atoms with E-state index in [1.54, 1.807) is 24.3 Å². The fourth-order valence-electron chi connectivity index (χ4n) is 3.89. The highest BCUT2D eigenvalue weighted by molar-refractivity contribution is 6.31. The fraction of sp³-hybridized carbons (Fsp3) is 0.524. The largest absolute Gasteiger partial charge is 0.507 e. The second kappa shape index (κ2) is 7.64. The van der Waals surface area contributed by atoms with Gasteiger partial charge in [0.05, 0.1) is 5.71 Å². The maximum atomic E-state index is 9.95. The van der Waals surface area contributed by atoms with Gasteiger partial charge in [0.15, 0.2) is 0 Å². The highest BCUT2D eigenvalue weighted by atomic mass is 35.5. The van der Waals surface area contributed by atoms with Crippen LogP contribution in [0.2, 0.25) is 5.02 Å². The van der Waals surface area contributed by atoms with Crippen molar-refractivity contribution in [1.29, 1.82) is 10.8 Å². The van der Waals surface area contributed by atoms with E-state index in [1.165, 1.54) is 6.07 Å². The normalized spacial score (nSPS) is 20.0. The number of piperidine rings is 1. The third kappa shape index (κ3) is 4.71. The molecule has 0 saturated carbocycles. The Balaban J connectivity index is 2.11. The number of benzene rings is 1. The van der Waals surface area contributed by atoms with Gasteiger partial charge < -0.3 is 15.4 Å². The summed E-state index contributed by atoms with van der Waals surface area (Å²) in [6.07, 6.45) is 5.10. The van der Waals surface area contributed by atoms with Gasteiger partial charge in [-0.3, -0.25) is 10.3 Å². The van der Waals surface area contributed by atoms with Crippen molar-refractivity contribution in [1.82, 2.24) is 9.80 Å². The number of phenolic OH excluding ortho intramolecular Hbond substituents is 1. The molecule has 3 N–H and O–H groups in total. The van der Waals surface area contributed by atoms with E-state index >= 15 is 0 Å². The molecule has 5 nitrogen and oxygen atoms in total. The van der Waals surface area contributed by atoms with Gasteiger partial charge in [-0.15, -0.1) is 0 Å². The number of allylic oxidation sites excluding steroid dienone is 1. The van der Waals surface area contributed by atoms with Crippen molar-refractivity contribution >= 4 is 23.1 Å².